The predicted octanol–water partition coefficient (Wildman–Crippen LogP) is 2.35. The van der Waals surface area contributed by atoms with Crippen LogP contribution in [0.4, 0.5) is 15.8 Å². The fourth-order valence-corrected chi connectivity index (χ4v) is 1.47. The van der Waals surface area contributed by atoms with Crippen LogP contribution in [0.25, 0.3) is 0 Å². The smallest absolute Gasteiger partial charge is 0.139 e. The van der Waals surface area contributed by atoms with Gasteiger partial charge < -0.3 is 16.2 Å². The Morgan fingerprint density at radius 3 is 2.87 bits per heavy atom. The van der Waals surface area contributed by atoms with Gasteiger partial charge in [-0.25, -0.2) is 4.39 Å². The van der Waals surface area contributed by atoms with Gasteiger partial charge in [0.05, 0.1) is 22.0 Å². The first-order valence-electron chi connectivity index (χ1n) is 4.67. The van der Waals surface area contributed by atoms with Crippen LogP contribution in [0, 0.1) is 5.82 Å². The van der Waals surface area contributed by atoms with Gasteiger partial charge in [0.15, 0.2) is 0 Å². The van der Waals surface area contributed by atoms with Crippen LogP contribution in [-0.2, 0) is 0 Å². The Hall–Kier alpha value is -0.810. The zero-order valence-electron chi connectivity index (χ0n) is 8.43. The van der Waals surface area contributed by atoms with Gasteiger partial charge >= 0.3 is 0 Å². The highest BCUT2D eigenvalue weighted by molar-refractivity contribution is 9.10. The number of aliphatic hydroxyl groups is 1. The second-order valence-electron chi connectivity index (χ2n) is 3.42. The van der Waals surface area contributed by atoms with E-state index >= 15 is 0 Å². The normalized spacial score (nSPS) is 12.5. The maximum absolute atomic E-state index is 13.0. The lowest BCUT2D eigenvalue weighted by molar-refractivity contribution is 0.189. The SMILES string of the molecule is CC(O)CCNc1cc(Br)c(F)cc1N. The van der Waals surface area contributed by atoms with Crippen LogP contribution in [0.3, 0.4) is 0 Å². The highest BCUT2D eigenvalue weighted by atomic mass is 79.9. The second-order valence-corrected chi connectivity index (χ2v) is 4.27. The molecule has 1 aromatic carbocycles. The molecule has 0 aliphatic heterocycles. The number of nitrogens with two attached hydrogens (primary N) is 1. The molecule has 0 aromatic heterocycles. The zero-order valence-corrected chi connectivity index (χ0v) is 10.0. The lowest BCUT2D eigenvalue weighted by Gasteiger charge is -2.11. The van der Waals surface area contributed by atoms with Crippen LogP contribution in [-0.4, -0.2) is 17.8 Å². The first-order valence-corrected chi connectivity index (χ1v) is 5.46. The molecule has 0 fully saturated rings. The molecule has 0 radical (unpaired) electrons. The van der Waals surface area contributed by atoms with Gasteiger partial charge in [0.1, 0.15) is 5.82 Å². The van der Waals surface area contributed by atoms with Crippen molar-refractivity contribution in [3.8, 4) is 0 Å². The van der Waals surface area contributed by atoms with Crippen molar-refractivity contribution in [2.75, 3.05) is 17.6 Å². The highest BCUT2D eigenvalue weighted by Gasteiger charge is 2.05. The molecule has 0 saturated heterocycles. The van der Waals surface area contributed by atoms with Crippen molar-refractivity contribution in [1.29, 1.82) is 0 Å². The van der Waals surface area contributed by atoms with Crippen LogP contribution >= 0.6 is 15.9 Å². The molecule has 0 bridgehead atoms. The molecule has 1 unspecified atom stereocenters. The Bertz CT molecular complexity index is 344. The summed E-state index contributed by atoms with van der Waals surface area (Å²) in [7, 11) is 0. The third-order valence-electron chi connectivity index (χ3n) is 1.97. The number of nitrogens with one attached hydrogen (secondary N) is 1. The number of halogens is 2. The molecule has 0 saturated carbocycles. The van der Waals surface area contributed by atoms with Crippen molar-refractivity contribution in [2.24, 2.45) is 0 Å². The summed E-state index contributed by atoms with van der Waals surface area (Å²) in [6.07, 6.45) is 0.261. The van der Waals surface area contributed by atoms with E-state index in [2.05, 4.69) is 21.2 Å². The molecule has 0 spiro atoms. The monoisotopic (exact) mass is 276 g/mol. The van der Waals surface area contributed by atoms with E-state index in [4.69, 9.17) is 10.8 Å². The van der Waals surface area contributed by atoms with E-state index in [1.165, 1.54) is 6.07 Å². The van der Waals surface area contributed by atoms with Gasteiger partial charge in [-0.15, -0.1) is 0 Å². The summed E-state index contributed by atoms with van der Waals surface area (Å²) in [5.74, 6) is -0.381. The van der Waals surface area contributed by atoms with Crippen LogP contribution < -0.4 is 11.1 Å². The minimum atomic E-state index is -0.381. The summed E-state index contributed by atoms with van der Waals surface area (Å²) in [6.45, 7) is 2.31. The predicted molar refractivity (Wildman–Crippen MR) is 63.3 cm³/mol. The van der Waals surface area contributed by atoms with E-state index in [1.807, 2.05) is 0 Å². The molecule has 1 aromatic rings. The molecule has 15 heavy (non-hydrogen) atoms. The van der Waals surface area contributed by atoms with Crippen molar-refractivity contribution in [3.63, 3.8) is 0 Å². The largest absolute Gasteiger partial charge is 0.397 e. The molecule has 0 heterocycles. The molecular weight excluding hydrogens is 263 g/mol. The van der Waals surface area contributed by atoms with E-state index in [0.717, 1.165) is 0 Å². The second kappa shape index (κ2) is 5.32. The third kappa shape index (κ3) is 3.68. The zero-order chi connectivity index (χ0) is 11.4. The molecule has 84 valence electrons. The number of nitrogen functional groups attached to an aromatic ring is 1. The number of hydrogen-bond acceptors (Lipinski definition) is 3. The maximum Gasteiger partial charge on any atom is 0.139 e. The summed E-state index contributed by atoms with van der Waals surface area (Å²) in [5.41, 5.74) is 6.65. The molecule has 1 rings (SSSR count). The van der Waals surface area contributed by atoms with Crippen molar-refractivity contribution in [3.05, 3.63) is 22.4 Å². The summed E-state index contributed by atoms with van der Waals surface area (Å²) in [5, 5.41) is 12.1. The van der Waals surface area contributed by atoms with E-state index in [1.54, 1.807) is 13.0 Å². The van der Waals surface area contributed by atoms with Crippen LogP contribution in [0.5, 0.6) is 0 Å². The van der Waals surface area contributed by atoms with Crippen molar-refractivity contribution >= 4 is 27.3 Å². The minimum Gasteiger partial charge on any atom is -0.397 e. The van der Waals surface area contributed by atoms with E-state index in [0.29, 0.717) is 28.8 Å². The minimum absolute atomic E-state index is 0.359. The van der Waals surface area contributed by atoms with Crippen molar-refractivity contribution in [2.45, 2.75) is 19.4 Å². The van der Waals surface area contributed by atoms with Crippen molar-refractivity contribution < 1.29 is 9.50 Å². The van der Waals surface area contributed by atoms with Gasteiger partial charge in [-0.3, -0.25) is 0 Å². The summed E-state index contributed by atoms with van der Waals surface area (Å²) in [4.78, 5) is 0. The maximum atomic E-state index is 13.0. The van der Waals surface area contributed by atoms with Gasteiger partial charge in [0, 0.05) is 12.6 Å². The Balaban J connectivity index is 2.65. The van der Waals surface area contributed by atoms with Crippen LogP contribution in [0.15, 0.2) is 16.6 Å². The molecule has 4 N–H and O–H groups in total. The molecule has 0 aliphatic carbocycles. The van der Waals surface area contributed by atoms with Crippen molar-refractivity contribution in [1.82, 2.24) is 0 Å². The van der Waals surface area contributed by atoms with Crippen LogP contribution in [0.1, 0.15) is 13.3 Å². The summed E-state index contributed by atoms with van der Waals surface area (Å²) < 4.78 is 13.4. The average Bonchev–Trinajstić information content (AvgIpc) is 2.13. The number of benzene rings is 1. The van der Waals surface area contributed by atoms with E-state index in [9.17, 15) is 4.39 Å². The van der Waals surface area contributed by atoms with E-state index in [-0.39, 0.29) is 11.9 Å². The fraction of sp³-hybridized carbons (Fsp3) is 0.400. The average molecular weight is 277 g/mol. The third-order valence-corrected chi connectivity index (χ3v) is 2.58. The molecule has 3 nitrogen and oxygen atoms in total. The Labute approximate surface area is 96.6 Å². The quantitative estimate of drug-likeness (QED) is 0.740. The lowest BCUT2D eigenvalue weighted by atomic mass is 10.2. The number of aliphatic hydroxyl groups excluding tert-OH is 1. The fourth-order valence-electron chi connectivity index (χ4n) is 1.13. The molecule has 1 atom stereocenters. The standard InChI is InChI=1S/C10H14BrFN2O/c1-6(15)2-3-14-10-4-7(11)8(12)5-9(10)13/h4-6,14-15H,2-3,13H2,1H3. The Kier molecular flexibility index (Phi) is 4.35. The summed E-state index contributed by atoms with van der Waals surface area (Å²) in [6, 6.07) is 2.85. The van der Waals surface area contributed by atoms with Gasteiger partial charge in [-0.1, -0.05) is 0 Å². The van der Waals surface area contributed by atoms with Gasteiger partial charge in [0.2, 0.25) is 0 Å². The number of anilines is 2. The highest BCUT2D eigenvalue weighted by Crippen LogP contribution is 2.26. The summed E-state index contributed by atoms with van der Waals surface area (Å²) >= 11 is 3.08. The molecule has 5 heteroatoms. The first-order chi connectivity index (χ1) is 7.00. The van der Waals surface area contributed by atoms with Gasteiger partial charge in [-0.2, -0.15) is 0 Å². The van der Waals surface area contributed by atoms with E-state index < -0.39 is 0 Å². The molecule has 0 amide bonds. The number of hydrogen-bond donors (Lipinski definition) is 3. The Morgan fingerprint density at radius 2 is 2.27 bits per heavy atom. The first kappa shape index (κ1) is 12.3. The topological polar surface area (TPSA) is 58.3 Å². The lowest BCUT2D eigenvalue weighted by Crippen LogP contribution is -2.11. The number of rotatable bonds is 4. The molecular formula is C10H14BrFN2O. The van der Waals surface area contributed by atoms with Gasteiger partial charge in [0.25, 0.3) is 0 Å². The Morgan fingerprint density at radius 1 is 1.60 bits per heavy atom. The molecule has 0 aliphatic rings. The van der Waals surface area contributed by atoms with Crippen LogP contribution in [0.2, 0.25) is 0 Å². The van der Waals surface area contributed by atoms with Gasteiger partial charge in [-0.05, 0) is 35.3 Å².